The van der Waals surface area contributed by atoms with Crippen molar-refractivity contribution in [3.8, 4) is 0 Å². The van der Waals surface area contributed by atoms with Crippen molar-refractivity contribution in [2.75, 3.05) is 5.32 Å². The number of aromatic nitrogens is 1. The first-order chi connectivity index (χ1) is 8.56. The fourth-order valence-corrected chi connectivity index (χ4v) is 1.99. The van der Waals surface area contributed by atoms with Gasteiger partial charge in [-0.3, -0.25) is 0 Å². The number of pyridine rings is 1. The summed E-state index contributed by atoms with van der Waals surface area (Å²) in [7, 11) is 0. The van der Waals surface area contributed by atoms with Crippen LogP contribution in [-0.4, -0.2) is 4.98 Å². The zero-order valence-corrected chi connectivity index (χ0v) is 11.8. The summed E-state index contributed by atoms with van der Waals surface area (Å²) in [6, 6.07) is 7.99. The van der Waals surface area contributed by atoms with Crippen LogP contribution in [0.5, 0.6) is 0 Å². The average Bonchev–Trinajstić information content (AvgIpc) is 2.34. The topological polar surface area (TPSA) is 24.9 Å². The van der Waals surface area contributed by atoms with Crippen LogP contribution in [0.1, 0.15) is 16.7 Å². The Hall–Kier alpha value is -1.25. The second kappa shape index (κ2) is 5.59. The maximum Gasteiger partial charge on any atom is 0.152 e. The second-order valence-corrected chi connectivity index (χ2v) is 5.05. The van der Waals surface area contributed by atoms with Crippen LogP contribution in [-0.2, 0) is 6.54 Å². The van der Waals surface area contributed by atoms with Crippen molar-refractivity contribution in [2.24, 2.45) is 0 Å². The number of nitrogens with one attached hydrogen (secondary N) is 1. The van der Waals surface area contributed by atoms with E-state index in [2.05, 4.69) is 10.3 Å². The van der Waals surface area contributed by atoms with Crippen molar-refractivity contribution in [3.05, 3.63) is 57.3 Å². The number of aryl methyl sites for hydroxylation is 2. The molecule has 1 aromatic carbocycles. The molecule has 0 aliphatic heterocycles. The van der Waals surface area contributed by atoms with Crippen molar-refractivity contribution in [1.82, 2.24) is 4.98 Å². The van der Waals surface area contributed by atoms with Crippen LogP contribution >= 0.6 is 23.2 Å². The standard InChI is InChI=1S/C14H14Cl2N2/c1-9-5-13(14(16)18-7-9)17-8-11-4-3-10(2)12(15)6-11/h3-7,17H,8H2,1-2H3. The maximum atomic E-state index is 6.09. The number of hydrogen-bond donors (Lipinski definition) is 1. The van der Waals surface area contributed by atoms with Gasteiger partial charge in [0.15, 0.2) is 5.15 Å². The predicted molar refractivity (Wildman–Crippen MR) is 77.5 cm³/mol. The Morgan fingerprint density at radius 2 is 1.94 bits per heavy atom. The highest BCUT2D eigenvalue weighted by Gasteiger charge is 2.03. The molecule has 1 heterocycles. The van der Waals surface area contributed by atoms with Gasteiger partial charge in [0, 0.05) is 17.8 Å². The van der Waals surface area contributed by atoms with E-state index in [1.807, 2.05) is 38.1 Å². The Morgan fingerprint density at radius 1 is 1.17 bits per heavy atom. The number of anilines is 1. The summed E-state index contributed by atoms with van der Waals surface area (Å²) in [5.74, 6) is 0. The molecule has 18 heavy (non-hydrogen) atoms. The van der Waals surface area contributed by atoms with E-state index in [1.165, 1.54) is 0 Å². The lowest BCUT2D eigenvalue weighted by molar-refractivity contribution is 1.13. The molecule has 2 aromatic rings. The molecule has 0 atom stereocenters. The molecule has 2 nitrogen and oxygen atoms in total. The average molecular weight is 281 g/mol. The summed E-state index contributed by atoms with van der Waals surface area (Å²) in [6.45, 7) is 4.64. The first-order valence-corrected chi connectivity index (χ1v) is 6.43. The van der Waals surface area contributed by atoms with Crippen molar-refractivity contribution in [2.45, 2.75) is 20.4 Å². The normalized spacial score (nSPS) is 10.4. The molecule has 1 N–H and O–H groups in total. The number of halogens is 2. The summed E-state index contributed by atoms with van der Waals surface area (Å²) in [5, 5.41) is 4.53. The highest BCUT2D eigenvalue weighted by Crippen LogP contribution is 2.22. The SMILES string of the molecule is Cc1cnc(Cl)c(NCc2ccc(C)c(Cl)c2)c1. The molecule has 0 aliphatic carbocycles. The van der Waals surface area contributed by atoms with Crippen molar-refractivity contribution in [3.63, 3.8) is 0 Å². The molecule has 0 saturated carbocycles. The van der Waals surface area contributed by atoms with Crippen LogP contribution in [0.4, 0.5) is 5.69 Å². The van der Waals surface area contributed by atoms with Crippen LogP contribution in [0.25, 0.3) is 0 Å². The van der Waals surface area contributed by atoms with Crippen LogP contribution in [0, 0.1) is 13.8 Å². The van der Waals surface area contributed by atoms with Crippen molar-refractivity contribution < 1.29 is 0 Å². The molecule has 0 bridgehead atoms. The van der Waals surface area contributed by atoms with Gasteiger partial charge in [-0.1, -0.05) is 35.3 Å². The van der Waals surface area contributed by atoms with Gasteiger partial charge in [-0.2, -0.15) is 0 Å². The van der Waals surface area contributed by atoms with E-state index in [0.717, 1.165) is 27.4 Å². The highest BCUT2D eigenvalue weighted by molar-refractivity contribution is 6.32. The molecule has 94 valence electrons. The zero-order chi connectivity index (χ0) is 13.1. The van der Waals surface area contributed by atoms with E-state index < -0.39 is 0 Å². The van der Waals surface area contributed by atoms with Crippen molar-refractivity contribution >= 4 is 28.9 Å². The van der Waals surface area contributed by atoms with E-state index in [1.54, 1.807) is 6.20 Å². The first kappa shape index (κ1) is 13.2. The summed E-state index contributed by atoms with van der Waals surface area (Å²) in [4.78, 5) is 4.10. The van der Waals surface area contributed by atoms with E-state index in [-0.39, 0.29) is 0 Å². The molecule has 0 amide bonds. The van der Waals surface area contributed by atoms with Crippen LogP contribution in [0.15, 0.2) is 30.5 Å². The van der Waals surface area contributed by atoms with Gasteiger partial charge in [-0.25, -0.2) is 4.98 Å². The van der Waals surface area contributed by atoms with Gasteiger partial charge in [0.05, 0.1) is 5.69 Å². The Morgan fingerprint density at radius 3 is 2.67 bits per heavy atom. The molecule has 0 saturated heterocycles. The Balaban J connectivity index is 2.11. The summed E-state index contributed by atoms with van der Waals surface area (Å²) < 4.78 is 0. The van der Waals surface area contributed by atoms with Gasteiger partial charge in [-0.15, -0.1) is 0 Å². The number of nitrogens with zero attached hydrogens (tertiary/aromatic N) is 1. The number of benzene rings is 1. The Kier molecular flexibility index (Phi) is 4.10. The Bertz CT molecular complexity index is 568. The fraction of sp³-hybridized carbons (Fsp3) is 0.214. The molecule has 1 aromatic heterocycles. The van der Waals surface area contributed by atoms with Crippen LogP contribution in [0.2, 0.25) is 10.2 Å². The van der Waals surface area contributed by atoms with Gasteiger partial charge >= 0.3 is 0 Å². The molecular weight excluding hydrogens is 267 g/mol. The molecule has 0 fully saturated rings. The zero-order valence-electron chi connectivity index (χ0n) is 10.3. The third-order valence-corrected chi connectivity index (χ3v) is 3.40. The third kappa shape index (κ3) is 3.15. The van der Waals surface area contributed by atoms with Crippen LogP contribution < -0.4 is 5.32 Å². The van der Waals surface area contributed by atoms with Gasteiger partial charge in [0.25, 0.3) is 0 Å². The molecule has 4 heteroatoms. The predicted octanol–water partition coefficient (Wildman–Crippen LogP) is 4.62. The minimum absolute atomic E-state index is 0.485. The smallest absolute Gasteiger partial charge is 0.152 e. The van der Waals surface area contributed by atoms with Gasteiger partial charge in [-0.05, 0) is 42.7 Å². The molecule has 0 radical (unpaired) electrons. The molecule has 0 spiro atoms. The second-order valence-electron chi connectivity index (χ2n) is 4.29. The van der Waals surface area contributed by atoms with Gasteiger partial charge in [0.1, 0.15) is 0 Å². The molecular formula is C14H14Cl2N2. The lowest BCUT2D eigenvalue weighted by atomic mass is 10.1. The van der Waals surface area contributed by atoms with Crippen molar-refractivity contribution in [1.29, 1.82) is 0 Å². The summed E-state index contributed by atoms with van der Waals surface area (Å²) in [6.07, 6.45) is 1.75. The summed E-state index contributed by atoms with van der Waals surface area (Å²) >= 11 is 12.1. The first-order valence-electron chi connectivity index (χ1n) is 5.67. The molecule has 0 unspecified atom stereocenters. The lowest BCUT2D eigenvalue weighted by Gasteiger charge is -2.09. The van der Waals surface area contributed by atoms with E-state index in [4.69, 9.17) is 23.2 Å². The molecule has 0 aliphatic rings. The minimum atomic E-state index is 0.485. The third-order valence-electron chi connectivity index (χ3n) is 2.69. The largest absolute Gasteiger partial charge is 0.378 e. The summed E-state index contributed by atoms with van der Waals surface area (Å²) in [5.41, 5.74) is 4.11. The van der Waals surface area contributed by atoms with E-state index in [9.17, 15) is 0 Å². The van der Waals surface area contributed by atoms with Gasteiger partial charge in [0.2, 0.25) is 0 Å². The lowest BCUT2D eigenvalue weighted by Crippen LogP contribution is -2.01. The Labute approximate surface area is 117 Å². The van der Waals surface area contributed by atoms with E-state index >= 15 is 0 Å². The van der Waals surface area contributed by atoms with Gasteiger partial charge < -0.3 is 5.32 Å². The number of rotatable bonds is 3. The monoisotopic (exact) mass is 280 g/mol. The minimum Gasteiger partial charge on any atom is -0.378 e. The van der Waals surface area contributed by atoms with E-state index in [0.29, 0.717) is 11.7 Å². The highest BCUT2D eigenvalue weighted by atomic mass is 35.5. The molecule has 2 rings (SSSR count). The maximum absolute atomic E-state index is 6.09. The quantitative estimate of drug-likeness (QED) is 0.830. The number of hydrogen-bond acceptors (Lipinski definition) is 2. The van der Waals surface area contributed by atoms with Crippen LogP contribution in [0.3, 0.4) is 0 Å². The fourth-order valence-electron chi connectivity index (χ4n) is 1.62.